The van der Waals surface area contributed by atoms with E-state index >= 15 is 0 Å². The van der Waals surface area contributed by atoms with Crippen molar-refractivity contribution < 1.29 is 4.79 Å². The molecule has 106 valence electrons. The average Bonchev–Trinajstić information content (AvgIpc) is 2.86. The van der Waals surface area contributed by atoms with Crippen molar-refractivity contribution in [3.63, 3.8) is 0 Å². The van der Waals surface area contributed by atoms with Crippen LogP contribution in [0.15, 0.2) is 24.3 Å². The van der Waals surface area contributed by atoms with Crippen molar-refractivity contribution in [2.24, 2.45) is 0 Å². The van der Waals surface area contributed by atoms with Crippen LogP contribution >= 0.6 is 0 Å². The third-order valence-corrected chi connectivity index (χ3v) is 3.87. The summed E-state index contributed by atoms with van der Waals surface area (Å²) in [6.45, 7) is 7.02. The van der Waals surface area contributed by atoms with Gasteiger partial charge in [0, 0.05) is 5.92 Å². The van der Waals surface area contributed by atoms with Gasteiger partial charge in [0.15, 0.2) is 6.29 Å². The highest BCUT2D eigenvalue weighted by atomic mass is 16.1. The lowest BCUT2D eigenvalue weighted by Crippen LogP contribution is -2.12. The van der Waals surface area contributed by atoms with E-state index in [1.807, 2.05) is 16.8 Å². The van der Waals surface area contributed by atoms with Crippen LogP contribution in [0.1, 0.15) is 59.9 Å². The zero-order valence-electron chi connectivity index (χ0n) is 12.3. The van der Waals surface area contributed by atoms with Crippen molar-refractivity contribution in [2.75, 3.05) is 0 Å². The fourth-order valence-electron chi connectivity index (χ4n) is 2.58. The molecule has 20 heavy (non-hydrogen) atoms. The van der Waals surface area contributed by atoms with Gasteiger partial charge in [0.2, 0.25) is 0 Å². The van der Waals surface area contributed by atoms with Crippen molar-refractivity contribution >= 4 is 6.29 Å². The van der Waals surface area contributed by atoms with Gasteiger partial charge in [0.05, 0.1) is 12.2 Å². The lowest BCUT2D eigenvalue weighted by atomic mass is 9.97. The van der Waals surface area contributed by atoms with Gasteiger partial charge >= 0.3 is 0 Å². The predicted octanol–water partition coefficient (Wildman–Crippen LogP) is 3.35. The minimum Gasteiger partial charge on any atom is -0.296 e. The maximum absolute atomic E-state index is 11.2. The molecule has 1 aromatic carbocycles. The van der Waals surface area contributed by atoms with Crippen LogP contribution < -0.4 is 0 Å². The molecule has 0 N–H and O–H groups in total. The van der Waals surface area contributed by atoms with Gasteiger partial charge in [0.1, 0.15) is 5.69 Å². The van der Waals surface area contributed by atoms with Crippen molar-refractivity contribution in [3.05, 3.63) is 46.8 Å². The van der Waals surface area contributed by atoms with E-state index in [0.29, 0.717) is 18.2 Å². The van der Waals surface area contributed by atoms with Gasteiger partial charge < -0.3 is 0 Å². The van der Waals surface area contributed by atoms with Gasteiger partial charge in [0.25, 0.3) is 0 Å². The Labute approximate surface area is 119 Å². The standard InChI is InChI=1S/C16H21N3O/c1-4-13(5-2)16-15(11-20)17-18-19(16)10-14-9-7-6-8-12(14)3/h6-9,11,13H,4-5,10H2,1-3H3. The second-order valence-corrected chi connectivity index (χ2v) is 5.08. The van der Waals surface area contributed by atoms with Crippen molar-refractivity contribution in [3.8, 4) is 0 Å². The summed E-state index contributed by atoms with van der Waals surface area (Å²) < 4.78 is 1.88. The average molecular weight is 271 g/mol. The smallest absolute Gasteiger partial charge is 0.172 e. The van der Waals surface area contributed by atoms with E-state index in [4.69, 9.17) is 0 Å². The molecule has 0 atom stereocenters. The fourth-order valence-corrected chi connectivity index (χ4v) is 2.58. The normalized spacial score (nSPS) is 11.0. The summed E-state index contributed by atoms with van der Waals surface area (Å²) >= 11 is 0. The zero-order valence-corrected chi connectivity index (χ0v) is 12.3. The molecule has 4 heteroatoms. The summed E-state index contributed by atoms with van der Waals surface area (Å²) in [5.41, 5.74) is 3.88. The first-order chi connectivity index (χ1) is 9.71. The number of rotatable bonds is 6. The third kappa shape index (κ3) is 2.79. The Bertz CT molecular complexity index is 585. The first kappa shape index (κ1) is 14.4. The highest BCUT2D eigenvalue weighted by Gasteiger charge is 2.20. The van der Waals surface area contributed by atoms with E-state index < -0.39 is 0 Å². The van der Waals surface area contributed by atoms with Crippen LogP contribution in [-0.2, 0) is 6.54 Å². The van der Waals surface area contributed by atoms with Crippen LogP contribution in [0.3, 0.4) is 0 Å². The summed E-state index contributed by atoms with van der Waals surface area (Å²) in [4.78, 5) is 11.2. The highest BCUT2D eigenvalue weighted by Crippen LogP contribution is 2.25. The van der Waals surface area contributed by atoms with E-state index in [1.54, 1.807) is 0 Å². The Hall–Kier alpha value is -1.97. The van der Waals surface area contributed by atoms with Crippen LogP contribution in [-0.4, -0.2) is 21.3 Å². The molecule has 0 bridgehead atoms. The molecule has 0 amide bonds. The second-order valence-electron chi connectivity index (χ2n) is 5.08. The minimum absolute atomic E-state index is 0.328. The van der Waals surface area contributed by atoms with Gasteiger partial charge in [-0.3, -0.25) is 4.79 Å². The lowest BCUT2D eigenvalue weighted by molar-refractivity contribution is 0.111. The Balaban J connectivity index is 2.40. The number of hydrogen-bond donors (Lipinski definition) is 0. The molecular formula is C16H21N3O. The quantitative estimate of drug-likeness (QED) is 0.757. The van der Waals surface area contributed by atoms with Crippen LogP contribution in [0.5, 0.6) is 0 Å². The molecule has 2 aromatic rings. The SMILES string of the molecule is CCC(CC)c1c(C=O)nnn1Cc1ccccc1C. The van der Waals surface area contributed by atoms with E-state index in [1.165, 1.54) is 11.1 Å². The molecule has 0 aliphatic heterocycles. The van der Waals surface area contributed by atoms with Gasteiger partial charge in [-0.15, -0.1) is 5.10 Å². The molecule has 0 aliphatic carbocycles. The molecule has 1 aromatic heterocycles. The third-order valence-electron chi connectivity index (χ3n) is 3.87. The number of aldehydes is 1. The summed E-state index contributed by atoms with van der Waals surface area (Å²) in [7, 11) is 0. The highest BCUT2D eigenvalue weighted by molar-refractivity contribution is 5.73. The van der Waals surface area contributed by atoms with Crippen LogP contribution in [0.2, 0.25) is 0 Å². The molecule has 0 radical (unpaired) electrons. The molecule has 0 fully saturated rings. The van der Waals surface area contributed by atoms with E-state index in [-0.39, 0.29) is 0 Å². The largest absolute Gasteiger partial charge is 0.296 e. The lowest BCUT2D eigenvalue weighted by Gasteiger charge is -2.15. The van der Waals surface area contributed by atoms with Gasteiger partial charge in [-0.1, -0.05) is 43.3 Å². The molecule has 1 heterocycles. The summed E-state index contributed by atoms with van der Waals surface area (Å²) in [5.74, 6) is 0.328. The van der Waals surface area contributed by atoms with E-state index in [2.05, 4.69) is 43.2 Å². The summed E-state index contributed by atoms with van der Waals surface area (Å²) in [6, 6.07) is 8.23. The summed E-state index contributed by atoms with van der Waals surface area (Å²) in [6.07, 6.45) is 2.78. The van der Waals surface area contributed by atoms with Crippen molar-refractivity contribution in [1.29, 1.82) is 0 Å². The number of carbonyl (C=O) groups excluding carboxylic acids is 1. The second kappa shape index (κ2) is 6.46. The van der Waals surface area contributed by atoms with Crippen LogP contribution in [0.4, 0.5) is 0 Å². The van der Waals surface area contributed by atoms with Gasteiger partial charge in [-0.25, -0.2) is 4.68 Å². The van der Waals surface area contributed by atoms with Gasteiger partial charge in [-0.05, 0) is 30.9 Å². The first-order valence-electron chi connectivity index (χ1n) is 7.14. The van der Waals surface area contributed by atoms with E-state index in [0.717, 1.165) is 24.8 Å². The number of aromatic nitrogens is 3. The predicted molar refractivity (Wildman–Crippen MR) is 79.0 cm³/mol. The van der Waals surface area contributed by atoms with Gasteiger partial charge in [-0.2, -0.15) is 0 Å². The topological polar surface area (TPSA) is 47.8 Å². The number of carbonyl (C=O) groups is 1. The van der Waals surface area contributed by atoms with Crippen LogP contribution in [0, 0.1) is 6.92 Å². The Morgan fingerprint density at radius 3 is 2.55 bits per heavy atom. The number of nitrogens with zero attached hydrogens (tertiary/aromatic N) is 3. The minimum atomic E-state index is 0.328. The molecule has 2 rings (SSSR count). The molecule has 0 aliphatic rings. The maximum Gasteiger partial charge on any atom is 0.172 e. The monoisotopic (exact) mass is 271 g/mol. The molecule has 0 saturated heterocycles. The summed E-state index contributed by atoms with van der Waals surface area (Å²) in [5, 5.41) is 8.20. The molecule has 0 spiro atoms. The Kier molecular flexibility index (Phi) is 4.66. The molecule has 0 unspecified atom stereocenters. The first-order valence-corrected chi connectivity index (χ1v) is 7.14. The Morgan fingerprint density at radius 1 is 1.25 bits per heavy atom. The molecular weight excluding hydrogens is 250 g/mol. The van der Waals surface area contributed by atoms with E-state index in [9.17, 15) is 4.79 Å². The number of benzene rings is 1. The fraction of sp³-hybridized carbons (Fsp3) is 0.438. The number of hydrogen-bond acceptors (Lipinski definition) is 3. The maximum atomic E-state index is 11.2. The number of aryl methyl sites for hydroxylation is 1. The van der Waals surface area contributed by atoms with Crippen molar-refractivity contribution in [1.82, 2.24) is 15.0 Å². The zero-order chi connectivity index (χ0) is 14.5. The molecule has 0 saturated carbocycles. The van der Waals surface area contributed by atoms with Crippen LogP contribution in [0.25, 0.3) is 0 Å². The Morgan fingerprint density at radius 2 is 1.95 bits per heavy atom. The molecule has 4 nitrogen and oxygen atoms in total. The van der Waals surface area contributed by atoms with Crippen molar-refractivity contribution in [2.45, 2.75) is 46.1 Å².